The highest BCUT2D eigenvalue weighted by atomic mass is 35.5. The number of amides is 1. The third-order valence-electron chi connectivity index (χ3n) is 3.58. The van der Waals surface area contributed by atoms with Crippen molar-refractivity contribution in [3.05, 3.63) is 59.1 Å². The number of halogens is 1. The van der Waals surface area contributed by atoms with E-state index in [1.54, 1.807) is 36.4 Å². The van der Waals surface area contributed by atoms with Crippen LogP contribution in [0, 0.1) is 0 Å². The lowest BCUT2D eigenvalue weighted by atomic mass is 10.1. The molecule has 0 saturated carbocycles. The topological polar surface area (TPSA) is 73.9 Å². The van der Waals surface area contributed by atoms with Crippen LogP contribution in [-0.2, 0) is 14.3 Å². The van der Waals surface area contributed by atoms with E-state index in [0.29, 0.717) is 23.1 Å². The Morgan fingerprint density at radius 3 is 2.41 bits per heavy atom. The van der Waals surface area contributed by atoms with Gasteiger partial charge >= 0.3 is 5.97 Å². The molecule has 0 saturated heterocycles. The summed E-state index contributed by atoms with van der Waals surface area (Å²) < 4.78 is 15.8. The summed E-state index contributed by atoms with van der Waals surface area (Å²) in [6.45, 7) is 3.45. The molecular weight excluding hydrogens is 370 g/mol. The van der Waals surface area contributed by atoms with E-state index >= 15 is 0 Å². The highest BCUT2D eigenvalue weighted by Crippen LogP contribution is 2.26. The zero-order valence-corrected chi connectivity index (χ0v) is 16.0. The zero-order valence-electron chi connectivity index (χ0n) is 15.2. The molecule has 27 heavy (non-hydrogen) atoms. The van der Waals surface area contributed by atoms with E-state index in [1.165, 1.54) is 0 Å². The Kier molecular flexibility index (Phi) is 7.95. The van der Waals surface area contributed by atoms with E-state index in [4.69, 9.17) is 25.8 Å². The Balaban J connectivity index is 1.76. The summed E-state index contributed by atoms with van der Waals surface area (Å²) in [5, 5.41) is 3.33. The summed E-state index contributed by atoms with van der Waals surface area (Å²) >= 11 is 5.94. The maximum atomic E-state index is 11.9. The molecule has 1 atom stereocenters. The summed E-state index contributed by atoms with van der Waals surface area (Å²) in [6.07, 6.45) is 0. The minimum absolute atomic E-state index is 0.260. The lowest BCUT2D eigenvalue weighted by Gasteiger charge is -2.15. The predicted molar refractivity (Wildman–Crippen MR) is 102 cm³/mol. The molecule has 0 spiro atoms. The molecule has 1 amide bonds. The molecule has 0 heterocycles. The molecule has 0 aliphatic rings. The highest BCUT2D eigenvalue weighted by molar-refractivity contribution is 6.30. The van der Waals surface area contributed by atoms with Gasteiger partial charge in [-0.2, -0.15) is 0 Å². The van der Waals surface area contributed by atoms with Crippen LogP contribution in [-0.4, -0.2) is 31.7 Å². The van der Waals surface area contributed by atoms with Crippen LogP contribution in [0.2, 0.25) is 5.02 Å². The van der Waals surface area contributed by atoms with Crippen molar-refractivity contribution in [1.82, 2.24) is 5.32 Å². The number of rotatable bonds is 9. The van der Waals surface area contributed by atoms with Crippen molar-refractivity contribution in [3.8, 4) is 11.5 Å². The summed E-state index contributed by atoms with van der Waals surface area (Å²) in [5.41, 5.74) is 0.859. The second kappa shape index (κ2) is 10.4. The van der Waals surface area contributed by atoms with Crippen molar-refractivity contribution >= 4 is 23.5 Å². The number of esters is 1. The average molecular weight is 392 g/mol. The van der Waals surface area contributed by atoms with Gasteiger partial charge in [0, 0.05) is 5.02 Å². The molecule has 0 radical (unpaired) electrons. The fourth-order valence-electron chi connectivity index (χ4n) is 2.31. The molecule has 2 aromatic rings. The van der Waals surface area contributed by atoms with Crippen LogP contribution in [0.15, 0.2) is 48.5 Å². The number of hydrogen-bond acceptors (Lipinski definition) is 5. The van der Waals surface area contributed by atoms with Gasteiger partial charge in [-0.15, -0.1) is 0 Å². The maximum Gasteiger partial charge on any atom is 0.344 e. The van der Waals surface area contributed by atoms with Crippen molar-refractivity contribution in [2.24, 2.45) is 0 Å². The maximum absolute atomic E-state index is 11.9. The molecule has 144 valence electrons. The van der Waals surface area contributed by atoms with E-state index in [0.717, 1.165) is 5.56 Å². The van der Waals surface area contributed by atoms with Crippen LogP contribution in [0.3, 0.4) is 0 Å². The van der Waals surface area contributed by atoms with Crippen LogP contribution in [0.5, 0.6) is 11.5 Å². The van der Waals surface area contributed by atoms with Crippen LogP contribution < -0.4 is 14.8 Å². The van der Waals surface area contributed by atoms with Crippen molar-refractivity contribution in [2.75, 3.05) is 19.8 Å². The number of carbonyl (C=O) groups excluding carboxylic acids is 2. The van der Waals surface area contributed by atoms with Gasteiger partial charge in [-0.1, -0.05) is 35.9 Å². The fourth-order valence-corrected chi connectivity index (χ4v) is 2.51. The van der Waals surface area contributed by atoms with E-state index in [-0.39, 0.29) is 19.3 Å². The molecule has 0 fully saturated rings. The molecule has 0 unspecified atom stereocenters. The van der Waals surface area contributed by atoms with Gasteiger partial charge in [0.05, 0.1) is 12.6 Å². The van der Waals surface area contributed by atoms with Crippen LogP contribution in [0.1, 0.15) is 25.5 Å². The molecule has 0 aromatic heterocycles. The molecule has 0 bridgehead atoms. The molecule has 6 nitrogen and oxygen atoms in total. The summed E-state index contributed by atoms with van der Waals surface area (Å²) in [5.74, 6) is -0.0754. The zero-order chi connectivity index (χ0) is 19.6. The number of nitrogens with one attached hydrogen (secondary N) is 1. The van der Waals surface area contributed by atoms with Gasteiger partial charge in [-0.3, -0.25) is 4.79 Å². The van der Waals surface area contributed by atoms with E-state index in [9.17, 15) is 9.59 Å². The molecule has 2 rings (SSSR count). The lowest BCUT2D eigenvalue weighted by molar-refractivity contribution is -0.150. The van der Waals surface area contributed by atoms with Gasteiger partial charge < -0.3 is 19.5 Å². The first-order valence-electron chi connectivity index (χ1n) is 8.54. The number of benzene rings is 2. The first kappa shape index (κ1) is 20.6. The van der Waals surface area contributed by atoms with E-state index < -0.39 is 11.9 Å². The highest BCUT2D eigenvalue weighted by Gasteiger charge is 2.13. The Labute approximate surface area is 163 Å². The van der Waals surface area contributed by atoms with Crippen molar-refractivity contribution in [2.45, 2.75) is 19.9 Å². The first-order valence-corrected chi connectivity index (χ1v) is 8.92. The van der Waals surface area contributed by atoms with Gasteiger partial charge in [0.1, 0.15) is 0 Å². The van der Waals surface area contributed by atoms with Gasteiger partial charge in [0.25, 0.3) is 5.91 Å². The first-order chi connectivity index (χ1) is 13.0. The Morgan fingerprint density at radius 2 is 1.74 bits per heavy atom. The summed E-state index contributed by atoms with van der Waals surface area (Å²) in [6, 6.07) is 13.9. The van der Waals surface area contributed by atoms with Crippen molar-refractivity contribution in [1.29, 1.82) is 0 Å². The second-order valence-corrected chi connectivity index (χ2v) is 6.11. The van der Waals surface area contributed by atoms with E-state index in [1.807, 2.05) is 26.0 Å². The van der Waals surface area contributed by atoms with Crippen LogP contribution in [0.25, 0.3) is 0 Å². The lowest BCUT2D eigenvalue weighted by Crippen LogP contribution is -2.32. The van der Waals surface area contributed by atoms with Gasteiger partial charge in [-0.25, -0.2) is 4.79 Å². The third-order valence-corrected chi connectivity index (χ3v) is 3.82. The number of hydrogen-bond donors (Lipinski definition) is 1. The fraction of sp³-hybridized carbons (Fsp3) is 0.300. The minimum Gasteiger partial charge on any atom is -0.490 e. The average Bonchev–Trinajstić information content (AvgIpc) is 2.66. The number of carbonyl (C=O) groups is 2. The molecule has 1 N–H and O–H groups in total. The standard InChI is InChI=1S/C20H22ClNO5/c1-3-25-17-9-4-5-10-18(17)26-13-20(24)27-12-19(23)22-14(2)15-7-6-8-16(21)11-15/h4-11,14H,3,12-13H2,1-2H3,(H,22,23)/t14-/m1/s1. The second-order valence-electron chi connectivity index (χ2n) is 5.67. The van der Waals surface area contributed by atoms with Gasteiger partial charge in [0.15, 0.2) is 24.7 Å². The quantitative estimate of drug-likeness (QED) is 0.662. The Morgan fingerprint density at radius 1 is 1.04 bits per heavy atom. The van der Waals surface area contributed by atoms with E-state index in [2.05, 4.69) is 5.32 Å². The predicted octanol–water partition coefficient (Wildman–Crippen LogP) is 3.54. The third kappa shape index (κ3) is 6.83. The van der Waals surface area contributed by atoms with Crippen LogP contribution in [0.4, 0.5) is 0 Å². The van der Waals surface area contributed by atoms with Crippen LogP contribution >= 0.6 is 11.6 Å². The molecular formula is C20H22ClNO5. The molecule has 0 aliphatic carbocycles. The molecule has 0 aliphatic heterocycles. The summed E-state index contributed by atoms with van der Waals surface area (Å²) in [7, 11) is 0. The Hall–Kier alpha value is -2.73. The molecule has 7 heteroatoms. The largest absolute Gasteiger partial charge is 0.490 e. The van der Waals surface area contributed by atoms with Gasteiger partial charge in [0.2, 0.25) is 0 Å². The normalized spacial score (nSPS) is 11.4. The number of ether oxygens (including phenoxy) is 3. The minimum atomic E-state index is -0.646. The number of para-hydroxylation sites is 2. The van der Waals surface area contributed by atoms with Crippen molar-refractivity contribution < 1.29 is 23.8 Å². The summed E-state index contributed by atoms with van der Waals surface area (Å²) in [4.78, 5) is 23.8. The molecule has 2 aromatic carbocycles. The Bertz CT molecular complexity index is 780. The monoisotopic (exact) mass is 391 g/mol. The van der Waals surface area contributed by atoms with Gasteiger partial charge in [-0.05, 0) is 43.7 Å². The SMILES string of the molecule is CCOc1ccccc1OCC(=O)OCC(=O)N[C@H](C)c1cccc(Cl)c1. The van der Waals surface area contributed by atoms with Crippen molar-refractivity contribution in [3.63, 3.8) is 0 Å². The smallest absolute Gasteiger partial charge is 0.344 e.